The van der Waals surface area contributed by atoms with E-state index in [9.17, 15) is 0 Å². The number of nitrogens with zero attached hydrogens (tertiary/aromatic N) is 1. The van der Waals surface area contributed by atoms with Crippen LogP contribution in [0.1, 0.15) is 0 Å². The Hall–Kier alpha value is -0.337. The first-order valence-corrected chi connectivity index (χ1v) is 4.52. The van der Waals surface area contributed by atoms with E-state index in [0.717, 1.165) is 15.9 Å². The maximum atomic E-state index is 4.10. The van der Waals surface area contributed by atoms with Gasteiger partial charge in [-0.2, -0.15) is 17.8 Å². The first kappa shape index (κ1) is 9.75. The molecule has 0 radical (unpaired) electrons. The molecule has 0 aliphatic rings. The van der Waals surface area contributed by atoms with E-state index in [1.165, 1.54) is 0 Å². The third kappa shape index (κ3) is 1.70. The summed E-state index contributed by atoms with van der Waals surface area (Å²) in [6, 6.07) is 7.22. The van der Waals surface area contributed by atoms with Crippen molar-refractivity contribution in [3.63, 3.8) is 0 Å². The van der Waals surface area contributed by atoms with Gasteiger partial charge in [0.1, 0.15) is 0 Å². The molecule has 0 spiro atoms. The average Bonchev–Trinajstić information content (AvgIpc) is 2.50. The van der Waals surface area contributed by atoms with Crippen molar-refractivity contribution in [2.24, 2.45) is 0 Å². The quantitative estimate of drug-likeness (QED) is 0.460. The van der Waals surface area contributed by atoms with Crippen molar-refractivity contribution in [3.05, 3.63) is 24.5 Å². The van der Waals surface area contributed by atoms with Gasteiger partial charge in [-0.15, -0.1) is 17.0 Å². The van der Waals surface area contributed by atoms with Crippen molar-refractivity contribution in [2.45, 2.75) is 4.90 Å². The second-order valence-electron chi connectivity index (χ2n) is 2.19. The molecule has 58 valence electrons. The van der Waals surface area contributed by atoms with Crippen molar-refractivity contribution >= 4 is 22.8 Å². The van der Waals surface area contributed by atoms with Crippen molar-refractivity contribution in [1.29, 1.82) is 0 Å². The van der Waals surface area contributed by atoms with Gasteiger partial charge in [-0.1, -0.05) is 0 Å². The number of hydrogen-bond donors (Lipinski definition) is 1. The van der Waals surface area contributed by atoms with E-state index in [1.807, 2.05) is 18.4 Å². The number of benzene rings is 1. The fraction of sp³-hybridized carbons (Fsp3) is 0.125. The van der Waals surface area contributed by atoms with Crippen molar-refractivity contribution < 1.29 is 19.5 Å². The smallest absolute Gasteiger partial charge is 0.0772 e. The van der Waals surface area contributed by atoms with E-state index in [2.05, 4.69) is 16.0 Å². The van der Waals surface area contributed by atoms with E-state index >= 15 is 0 Å². The van der Waals surface area contributed by atoms with E-state index in [-0.39, 0.29) is 19.5 Å². The summed E-state index contributed by atoms with van der Waals surface area (Å²) < 4.78 is 0. The van der Waals surface area contributed by atoms with Crippen LogP contribution >= 0.6 is 11.8 Å². The summed E-state index contributed by atoms with van der Waals surface area (Å²) in [5, 5.41) is 0. The second-order valence-corrected chi connectivity index (χ2v) is 3.04. The van der Waals surface area contributed by atoms with Crippen LogP contribution in [0.15, 0.2) is 23.4 Å². The average molecular weight is 229 g/mol. The Kier molecular flexibility index (Phi) is 3.30. The number of aromatic nitrogens is 2. The zero-order valence-electron chi connectivity index (χ0n) is 6.79. The topological polar surface area (TPSA) is 28.7 Å². The van der Waals surface area contributed by atoms with Gasteiger partial charge in [-0.05, 0) is 17.3 Å². The number of H-pyrrole nitrogens is 1. The molecule has 0 amide bonds. The number of hydrogen-bond acceptors (Lipinski definition) is 2. The largest absolute Gasteiger partial charge is 0.368 e. The van der Waals surface area contributed by atoms with Crippen molar-refractivity contribution in [2.75, 3.05) is 6.26 Å². The van der Waals surface area contributed by atoms with Crippen molar-refractivity contribution in [1.82, 2.24) is 9.97 Å². The van der Waals surface area contributed by atoms with Crippen molar-refractivity contribution in [3.8, 4) is 0 Å². The Bertz CT molecular complexity index is 372. The van der Waals surface area contributed by atoms with Crippen LogP contribution in [-0.4, -0.2) is 16.2 Å². The molecule has 2 nitrogen and oxygen atoms in total. The van der Waals surface area contributed by atoms with Crippen LogP contribution < -0.4 is 0 Å². The van der Waals surface area contributed by atoms with Crippen LogP contribution in [0.3, 0.4) is 0 Å². The molecule has 1 aromatic heterocycles. The molecule has 0 bridgehead atoms. The molecule has 4 heteroatoms. The molecule has 1 aromatic carbocycles. The van der Waals surface area contributed by atoms with Gasteiger partial charge in [0.2, 0.25) is 0 Å². The summed E-state index contributed by atoms with van der Waals surface area (Å²) in [4.78, 5) is 8.25. The third-order valence-corrected chi connectivity index (χ3v) is 2.21. The first-order valence-electron chi connectivity index (χ1n) is 3.29. The summed E-state index contributed by atoms with van der Waals surface area (Å²) in [7, 11) is 0. The van der Waals surface area contributed by atoms with Gasteiger partial charge in [0, 0.05) is 19.5 Å². The number of thioether (sulfide) groups is 1. The Labute approximate surface area is 87.9 Å². The molecule has 12 heavy (non-hydrogen) atoms. The molecular weight excluding hydrogens is 222 g/mol. The van der Waals surface area contributed by atoms with Gasteiger partial charge in [0.05, 0.1) is 6.33 Å². The summed E-state index contributed by atoms with van der Waals surface area (Å²) in [5.74, 6) is 0. The van der Waals surface area contributed by atoms with Gasteiger partial charge in [-0.25, -0.2) is 0 Å². The third-order valence-electron chi connectivity index (χ3n) is 1.53. The summed E-state index contributed by atoms with van der Waals surface area (Å²) in [6.07, 6.45) is 3.72. The molecule has 0 aliphatic carbocycles. The van der Waals surface area contributed by atoms with Gasteiger partial charge in [-0.3, -0.25) is 0 Å². The minimum atomic E-state index is 0. The minimum absolute atomic E-state index is 0. The van der Waals surface area contributed by atoms with Crippen LogP contribution in [0.4, 0.5) is 0 Å². The Morgan fingerprint density at radius 1 is 1.50 bits per heavy atom. The van der Waals surface area contributed by atoms with Gasteiger partial charge in [0.15, 0.2) is 0 Å². The molecule has 1 heterocycles. The molecule has 0 fully saturated rings. The number of rotatable bonds is 1. The molecule has 1 N–H and O–H groups in total. The van der Waals surface area contributed by atoms with Gasteiger partial charge in [0.25, 0.3) is 0 Å². The normalized spacial score (nSPS) is 9.75. The molecule has 0 saturated heterocycles. The molecule has 0 atom stereocenters. The minimum Gasteiger partial charge on any atom is -0.368 e. The summed E-state index contributed by atoms with van der Waals surface area (Å²) in [5.41, 5.74) is 1.96. The maximum absolute atomic E-state index is 4.10. The Balaban J connectivity index is 0.000000720. The van der Waals surface area contributed by atoms with E-state index in [4.69, 9.17) is 0 Å². The van der Waals surface area contributed by atoms with E-state index < -0.39 is 0 Å². The number of imidazole rings is 1. The zero-order chi connectivity index (χ0) is 7.68. The summed E-state index contributed by atoms with van der Waals surface area (Å²) >= 11 is 1.68. The Morgan fingerprint density at radius 2 is 2.33 bits per heavy atom. The second kappa shape index (κ2) is 4.06. The van der Waals surface area contributed by atoms with E-state index in [1.54, 1.807) is 18.1 Å². The molecule has 2 rings (SSSR count). The van der Waals surface area contributed by atoms with Crippen LogP contribution in [0.5, 0.6) is 0 Å². The fourth-order valence-corrected chi connectivity index (χ4v) is 1.38. The predicted octanol–water partition coefficient (Wildman–Crippen LogP) is 2.08. The number of aromatic amines is 1. The number of nitrogens with one attached hydrogen (secondary N) is 1. The fourth-order valence-electron chi connectivity index (χ4n) is 0.970. The molecule has 0 saturated carbocycles. The zero-order valence-corrected chi connectivity index (χ0v) is 10.6. The van der Waals surface area contributed by atoms with Crippen LogP contribution in [0.2, 0.25) is 0 Å². The van der Waals surface area contributed by atoms with E-state index in [0.29, 0.717) is 0 Å². The molecule has 0 unspecified atom stereocenters. The van der Waals surface area contributed by atoms with Gasteiger partial charge >= 0.3 is 0 Å². The number of fused-ring (bicyclic) bond motifs is 1. The molecule has 2 aromatic rings. The van der Waals surface area contributed by atoms with Crippen LogP contribution in [0, 0.1) is 6.07 Å². The van der Waals surface area contributed by atoms with Gasteiger partial charge < -0.3 is 9.97 Å². The van der Waals surface area contributed by atoms with Crippen LogP contribution in [-0.2, 0) is 19.5 Å². The Morgan fingerprint density at radius 3 is 3.08 bits per heavy atom. The predicted molar refractivity (Wildman–Crippen MR) is 46.7 cm³/mol. The first-order chi connectivity index (χ1) is 5.40. The summed E-state index contributed by atoms with van der Waals surface area (Å²) in [6.45, 7) is 0. The maximum Gasteiger partial charge on any atom is 0.0772 e. The SMILES string of the molecule is CSc1[c-]c2[nH]cnc2cc1.[Zn]. The molecular formula is C8H7N2SZn-. The molecule has 0 aliphatic heterocycles. The monoisotopic (exact) mass is 227 g/mol. The van der Waals surface area contributed by atoms with Crippen LogP contribution in [0.25, 0.3) is 11.0 Å². The standard InChI is InChI=1S/C8H7N2S.Zn/c1-11-6-2-3-7-8(4-6)10-5-9-7;/h2-3,5H,1H3,(H,9,10);/q-1;.